The number of rotatable bonds is 7. The van der Waals surface area contributed by atoms with Gasteiger partial charge in [0.1, 0.15) is 11.5 Å². The number of halogens is 2. The van der Waals surface area contributed by atoms with E-state index in [0.29, 0.717) is 32.6 Å². The molecule has 0 unspecified atom stereocenters. The van der Waals surface area contributed by atoms with Crippen LogP contribution < -0.4 is 18.9 Å². The van der Waals surface area contributed by atoms with E-state index in [1.807, 2.05) is 0 Å². The summed E-state index contributed by atoms with van der Waals surface area (Å²) in [5.74, 6) is 0.820. The Kier molecular flexibility index (Phi) is 6.39. The second kappa shape index (κ2) is 9.24. The lowest BCUT2D eigenvalue weighted by Gasteiger charge is -2.13. The van der Waals surface area contributed by atoms with Crippen molar-refractivity contribution in [2.24, 2.45) is 0 Å². The maximum Gasteiger partial charge on any atom is 0.262 e. The number of nitrogens with one attached hydrogen (secondary N) is 1. The second-order valence-electron chi connectivity index (χ2n) is 6.84. The van der Waals surface area contributed by atoms with Gasteiger partial charge in [-0.1, -0.05) is 22.0 Å². The summed E-state index contributed by atoms with van der Waals surface area (Å²) in [5.41, 5.74) is 0.400. The molecule has 0 spiro atoms. The molecule has 33 heavy (non-hydrogen) atoms. The van der Waals surface area contributed by atoms with Crippen molar-refractivity contribution >= 4 is 42.5 Å². The van der Waals surface area contributed by atoms with Gasteiger partial charge in [-0.3, -0.25) is 9.71 Å². The fourth-order valence-electron chi connectivity index (χ4n) is 3.14. The minimum atomic E-state index is -3.97. The van der Waals surface area contributed by atoms with Gasteiger partial charge in [0.2, 0.25) is 0 Å². The van der Waals surface area contributed by atoms with Crippen LogP contribution in [0, 0.1) is 5.82 Å². The first-order valence-electron chi connectivity index (χ1n) is 9.57. The van der Waals surface area contributed by atoms with E-state index in [0.717, 1.165) is 6.07 Å². The smallest absolute Gasteiger partial charge is 0.262 e. The molecule has 0 aliphatic carbocycles. The van der Waals surface area contributed by atoms with Gasteiger partial charge in [0.05, 0.1) is 30.3 Å². The molecule has 10 heteroatoms. The summed E-state index contributed by atoms with van der Waals surface area (Å²) in [6.07, 6.45) is 1.56. The van der Waals surface area contributed by atoms with Crippen molar-refractivity contribution in [2.45, 2.75) is 4.90 Å². The molecule has 0 saturated heterocycles. The van der Waals surface area contributed by atoms with E-state index < -0.39 is 15.8 Å². The number of pyridine rings is 1. The van der Waals surface area contributed by atoms with Crippen LogP contribution in [-0.4, -0.2) is 27.6 Å². The van der Waals surface area contributed by atoms with Crippen LogP contribution >= 0.6 is 15.9 Å². The molecule has 4 aromatic rings. The summed E-state index contributed by atoms with van der Waals surface area (Å²) < 4.78 is 59.3. The summed E-state index contributed by atoms with van der Waals surface area (Å²) in [7, 11) is -0.923. The van der Waals surface area contributed by atoms with Crippen LogP contribution in [0.3, 0.4) is 0 Å². The molecule has 0 bridgehead atoms. The van der Waals surface area contributed by atoms with Crippen LogP contribution in [0.1, 0.15) is 0 Å². The summed E-state index contributed by atoms with van der Waals surface area (Å²) in [4.78, 5) is 4.31. The first-order chi connectivity index (χ1) is 15.8. The number of hydrogen-bond acceptors (Lipinski definition) is 6. The van der Waals surface area contributed by atoms with Crippen LogP contribution in [0.4, 0.5) is 10.1 Å². The van der Waals surface area contributed by atoms with Crippen LogP contribution in [0.25, 0.3) is 10.9 Å². The topological polar surface area (TPSA) is 86.8 Å². The number of anilines is 1. The van der Waals surface area contributed by atoms with Crippen molar-refractivity contribution in [1.82, 2.24) is 4.98 Å². The largest absolute Gasteiger partial charge is 0.493 e. The predicted molar refractivity (Wildman–Crippen MR) is 126 cm³/mol. The van der Waals surface area contributed by atoms with Gasteiger partial charge >= 0.3 is 0 Å². The van der Waals surface area contributed by atoms with E-state index in [2.05, 4.69) is 25.6 Å². The monoisotopic (exact) mass is 532 g/mol. The summed E-state index contributed by atoms with van der Waals surface area (Å²) >= 11 is 3.23. The Morgan fingerprint density at radius 2 is 1.70 bits per heavy atom. The van der Waals surface area contributed by atoms with E-state index in [-0.39, 0.29) is 16.3 Å². The molecule has 7 nitrogen and oxygen atoms in total. The third kappa shape index (κ3) is 4.86. The van der Waals surface area contributed by atoms with Gasteiger partial charge in [-0.2, -0.15) is 0 Å². The van der Waals surface area contributed by atoms with Crippen LogP contribution in [0.2, 0.25) is 0 Å². The predicted octanol–water partition coefficient (Wildman–Crippen LogP) is 5.75. The molecular formula is C23H18BrFN2O5S. The van der Waals surface area contributed by atoms with Gasteiger partial charge in [-0.05, 0) is 42.5 Å². The molecule has 170 valence electrons. The van der Waals surface area contributed by atoms with Gasteiger partial charge < -0.3 is 14.2 Å². The maximum atomic E-state index is 14.7. The van der Waals surface area contributed by atoms with Crippen LogP contribution in [0.5, 0.6) is 23.0 Å². The molecule has 0 atom stereocenters. The second-order valence-corrected chi connectivity index (χ2v) is 9.44. The zero-order valence-corrected chi connectivity index (χ0v) is 19.9. The number of nitrogens with zero attached hydrogens (tertiary/aromatic N) is 1. The molecule has 0 saturated carbocycles. The summed E-state index contributed by atoms with van der Waals surface area (Å²) in [5, 5.41) is 0.634. The number of sulfonamides is 1. The van der Waals surface area contributed by atoms with Gasteiger partial charge in [0.25, 0.3) is 10.0 Å². The van der Waals surface area contributed by atoms with Gasteiger partial charge in [-0.15, -0.1) is 0 Å². The Labute approximate surface area is 198 Å². The number of methoxy groups -OCH3 is 2. The van der Waals surface area contributed by atoms with E-state index in [1.54, 1.807) is 36.5 Å². The van der Waals surface area contributed by atoms with E-state index in [4.69, 9.17) is 14.2 Å². The zero-order chi connectivity index (χ0) is 23.6. The molecule has 1 aromatic heterocycles. The SMILES string of the molecule is COc1cc2nccc(Oc3ccc(NS(=O)(=O)c4cccc(Br)c4)c(F)c3)c2cc1OC. The quantitative estimate of drug-likeness (QED) is 0.326. The molecule has 1 heterocycles. The summed E-state index contributed by atoms with van der Waals surface area (Å²) in [6, 6.07) is 15.0. The fourth-order valence-corrected chi connectivity index (χ4v) is 4.81. The zero-order valence-electron chi connectivity index (χ0n) is 17.5. The molecule has 0 aliphatic rings. The minimum Gasteiger partial charge on any atom is -0.493 e. The molecule has 0 fully saturated rings. The highest BCUT2D eigenvalue weighted by atomic mass is 79.9. The third-order valence-electron chi connectivity index (χ3n) is 4.73. The van der Waals surface area contributed by atoms with Crippen molar-refractivity contribution in [2.75, 3.05) is 18.9 Å². The van der Waals surface area contributed by atoms with E-state index in [9.17, 15) is 12.8 Å². The van der Waals surface area contributed by atoms with Crippen molar-refractivity contribution in [1.29, 1.82) is 0 Å². The van der Waals surface area contributed by atoms with Crippen molar-refractivity contribution in [3.63, 3.8) is 0 Å². The number of ether oxygens (including phenoxy) is 3. The Balaban J connectivity index is 1.62. The number of hydrogen-bond donors (Lipinski definition) is 1. The molecule has 1 N–H and O–H groups in total. The Morgan fingerprint density at radius 1 is 0.939 bits per heavy atom. The highest BCUT2D eigenvalue weighted by molar-refractivity contribution is 9.10. The molecular weight excluding hydrogens is 515 g/mol. The van der Waals surface area contributed by atoms with E-state index in [1.165, 1.54) is 38.5 Å². The normalized spacial score (nSPS) is 11.3. The van der Waals surface area contributed by atoms with Crippen LogP contribution in [-0.2, 0) is 10.0 Å². The first kappa shape index (κ1) is 22.8. The fraction of sp³-hybridized carbons (Fsp3) is 0.0870. The Hall–Kier alpha value is -3.37. The minimum absolute atomic E-state index is 0.00392. The summed E-state index contributed by atoms with van der Waals surface area (Å²) in [6.45, 7) is 0. The molecule has 0 aliphatic heterocycles. The van der Waals surface area contributed by atoms with Crippen molar-refractivity contribution < 1.29 is 27.0 Å². The highest BCUT2D eigenvalue weighted by Crippen LogP contribution is 2.37. The lowest BCUT2D eigenvalue weighted by atomic mass is 10.2. The van der Waals surface area contributed by atoms with Gasteiger partial charge in [-0.25, -0.2) is 12.8 Å². The lowest BCUT2D eigenvalue weighted by Crippen LogP contribution is -2.14. The van der Waals surface area contributed by atoms with Crippen molar-refractivity contribution in [3.8, 4) is 23.0 Å². The number of aromatic nitrogens is 1. The van der Waals surface area contributed by atoms with Crippen molar-refractivity contribution in [3.05, 3.63) is 77.2 Å². The Morgan fingerprint density at radius 3 is 2.39 bits per heavy atom. The molecule has 0 radical (unpaired) electrons. The standard InChI is InChI=1S/C23H18BrFN2O5S/c1-30-22-12-17-20(13-23(22)31-2)26-9-8-21(17)32-15-6-7-19(18(25)11-15)27-33(28,29)16-5-3-4-14(24)10-16/h3-13,27H,1-2H3. The first-order valence-corrected chi connectivity index (χ1v) is 11.8. The molecule has 4 rings (SSSR count). The average Bonchev–Trinajstić information content (AvgIpc) is 2.80. The average molecular weight is 533 g/mol. The lowest BCUT2D eigenvalue weighted by molar-refractivity contribution is 0.355. The Bertz CT molecular complexity index is 1450. The van der Waals surface area contributed by atoms with E-state index >= 15 is 0 Å². The number of fused-ring (bicyclic) bond motifs is 1. The molecule has 3 aromatic carbocycles. The maximum absolute atomic E-state index is 14.7. The molecule has 0 amide bonds. The van der Waals surface area contributed by atoms with Crippen LogP contribution in [0.15, 0.2) is 76.2 Å². The third-order valence-corrected chi connectivity index (χ3v) is 6.58. The highest BCUT2D eigenvalue weighted by Gasteiger charge is 2.18. The number of benzene rings is 3. The van der Waals surface area contributed by atoms with Gasteiger partial charge in [0, 0.05) is 28.2 Å². The van der Waals surface area contributed by atoms with Gasteiger partial charge in [0.15, 0.2) is 17.3 Å².